The molecule has 3 aromatic rings. The van der Waals surface area contributed by atoms with Gasteiger partial charge in [0.2, 0.25) is 0 Å². The standard InChI is InChI=1S/C9H4ClN3O2S2/c10-4-1-3(7-12-13-9(15)17-7)2-5-6(4)11-8(14)16-5/h1-2H,(H,11,14)(H,13,15). The predicted molar refractivity (Wildman–Crippen MR) is 69.2 cm³/mol. The number of aromatic nitrogens is 3. The van der Waals surface area contributed by atoms with E-state index < -0.39 is 0 Å². The lowest BCUT2D eigenvalue weighted by Crippen LogP contribution is -1.90. The number of rotatable bonds is 1. The maximum atomic E-state index is 11.2. The van der Waals surface area contributed by atoms with Crippen LogP contribution in [0.5, 0.6) is 0 Å². The van der Waals surface area contributed by atoms with Gasteiger partial charge in [-0.15, -0.1) is 0 Å². The fourth-order valence-corrected chi connectivity index (χ4v) is 3.21. The Morgan fingerprint density at radius 3 is 2.71 bits per heavy atom. The zero-order valence-electron chi connectivity index (χ0n) is 8.11. The zero-order chi connectivity index (χ0) is 12.0. The van der Waals surface area contributed by atoms with Gasteiger partial charge in [-0.3, -0.25) is 9.59 Å². The quantitative estimate of drug-likeness (QED) is 0.718. The van der Waals surface area contributed by atoms with E-state index in [9.17, 15) is 9.59 Å². The van der Waals surface area contributed by atoms with Gasteiger partial charge in [0.1, 0.15) is 5.01 Å². The van der Waals surface area contributed by atoms with E-state index in [1.165, 1.54) is 0 Å². The minimum Gasteiger partial charge on any atom is -0.311 e. The number of nitrogens with zero attached hydrogens (tertiary/aromatic N) is 1. The van der Waals surface area contributed by atoms with Gasteiger partial charge in [0.25, 0.3) is 0 Å². The molecule has 5 nitrogen and oxygen atoms in total. The van der Waals surface area contributed by atoms with Crippen molar-refractivity contribution in [3.8, 4) is 10.6 Å². The van der Waals surface area contributed by atoms with Crippen molar-refractivity contribution in [2.24, 2.45) is 0 Å². The second-order valence-corrected chi connectivity index (χ2v) is 5.65. The Hall–Kier alpha value is -1.44. The molecule has 0 radical (unpaired) electrons. The third-order valence-electron chi connectivity index (χ3n) is 2.17. The first-order valence-corrected chi connectivity index (χ1v) is 6.53. The summed E-state index contributed by atoms with van der Waals surface area (Å²) in [5.41, 5.74) is 1.34. The van der Waals surface area contributed by atoms with E-state index in [2.05, 4.69) is 15.2 Å². The molecule has 0 unspecified atom stereocenters. The zero-order valence-corrected chi connectivity index (χ0v) is 10.5. The Kier molecular flexibility index (Phi) is 2.39. The average Bonchev–Trinajstić information content (AvgIpc) is 2.83. The summed E-state index contributed by atoms with van der Waals surface area (Å²) in [6, 6.07) is 3.47. The lowest BCUT2D eigenvalue weighted by Gasteiger charge is -1.97. The molecule has 0 bridgehead atoms. The fourth-order valence-electron chi connectivity index (χ4n) is 1.49. The molecule has 1 aromatic carbocycles. The molecule has 2 N–H and O–H groups in total. The maximum absolute atomic E-state index is 11.2. The summed E-state index contributed by atoms with van der Waals surface area (Å²) >= 11 is 8.13. The van der Waals surface area contributed by atoms with Crippen molar-refractivity contribution in [2.45, 2.75) is 0 Å². The second-order valence-electron chi connectivity index (χ2n) is 3.26. The molecular formula is C9H4ClN3O2S2. The summed E-state index contributed by atoms with van der Waals surface area (Å²) in [4.78, 5) is 24.5. The van der Waals surface area contributed by atoms with Crippen LogP contribution in [0.15, 0.2) is 21.7 Å². The molecule has 3 rings (SSSR count). The monoisotopic (exact) mass is 285 g/mol. The van der Waals surface area contributed by atoms with Gasteiger partial charge >= 0.3 is 9.75 Å². The number of hydrogen-bond acceptors (Lipinski definition) is 5. The molecule has 0 amide bonds. The highest BCUT2D eigenvalue weighted by molar-refractivity contribution is 7.16. The average molecular weight is 286 g/mol. The van der Waals surface area contributed by atoms with E-state index in [0.29, 0.717) is 15.5 Å². The molecule has 0 aliphatic rings. The van der Waals surface area contributed by atoms with E-state index in [1.807, 2.05) is 0 Å². The number of benzene rings is 1. The first-order chi connectivity index (χ1) is 8.13. The Bertz CT molecular complexity index is 813. The van der Waals surface area contributed by atoms with Crippen LogP contribution in [0.2, 0.25) is 5.02 Å². The minimum absolute atomic E-state index is 0.158. The summed E-state index contributed by atoms with van der Waals surface area (Å²) in [5.74, 6) is 0. The molecule has 0 saturated carbocycles. The first-order valence-electron chi connectivity index (χ1n) is 4.52. The predicted octanol–water partition coefficient (Wildman–Crippen LogP) is 2.05. The van der Waals surface area contributed by atoms with E-state index in [-0.39, 0.29) is 9.75 Å². The van der Waals surface area contributed by atoms with Crippen LogP contribution in [0.4, 0.5) is 0 Å². The van der Waals surface area contributed by atoms with Crippen molar-refractivity contribution in [3.05, 3.63) is 36.5 Å². The number of hydrogen-bond donors (Lipinski definition) is 2. The Morgan fingerprint density at radius 1 is 1.18 bits per heavy atom. The summed E-state index contributed by atoms with van der Waals surface area (Å²) in [5, 5.41) is 7.22. The molecule has 0 aliphatic carbocycles. The summed E-state index contributed by atoms with van der Waals surface area (Å²) in [7, 11) is 0. The highest BCUT2D eigenvalue weighted by atomic mass is 35.5. The van der Waals surface area contributed by atoms with Crippen molar-refractivity contribution in [2.75, 3.05) is 0 Å². The SMILES string of the molecule is O=c1[nH]nc(-c2cc(Cl)c3[nH]c(=O)sc3c2)s1. The van der Waals surface area contributed by atoms with Crippen LogP contribution in [0, 0.1) is 0 Å². The molecule has 0 spiro atoms. The van der Waals surface area contributed by atoms with E-state index in [1.54, 1.807) is 12.1 Å². The smallest absolute Gasteiger partial charge is 0.311 e. The van der Waals surface area contributed by atoms with Crippen LogP contribution < -0.4 is 9.75 Å². The van der Waals surface area contributed by atoms with Gasteiger partial charge < -0.3 is 4.98 Å². The van der Waals surface area contributed by atoms with Crippen LogP contribution in [0.1, 0.15) is 0 Å². The topological polar surface area (TPSA) is 78.6 Å². The molecule has 0 atom stereocenters. The van der Waals surface area contributed by atoms with Crippen molar-refractivity contribution in [3.63, 3.8) is 0 Å². The third-order valence-corrected chi connectivity index (χ3v) is 4.09. The van der Waals surface area contributed by atoms with E-state index >= 15 is 0 Å². The molecule has 0 saturated heterocycles. The van der Waals surface area contributed by atoms with Crippen molar-refractivity contribution >= 4 is 44.5 Å². The fraction of sp³-hybridized carbons (Fsp3) is 0. The molecule has 2 aromatic heterocycles. The summed E-state index contributed by atoms with van der Waals surface area (Å²) in [6.45, 7) is 0. The van der Waals surface area contributed by atoms with Gasteiger partial charge in [-0.25, -0.2) is 5.10 Å². The highest BCUT2D eigenvalue weighted by Gasteiger charge is 2.10. The molecule has 86 valence electrons. The van der Waals surface area contributed by atoms with E-state index in [0.717, 1.165) is 32.9 Å². The van der Waals surface area contributed by atoms with Gasteiger partial charge in [0, 0.05) is 5.56 Å². The van der Waals surface area contributed by atoms with Gasteiger partial charge in [0.15, 0.2) is 0 Å². The lowest BCUT2D eigenvalue weighted by molar-refractivity contribution is 1.06. The second kappa shape index (κ2) is 3.80. The van der Waals surface area contributed by atoms with Crippen LogP contribution in [0.25, 0.3) is 20.8 Å². The van der Waals surface area contributed by atoms with Crippen LogP contribution in [-0.4, -0.2) is 15.2 Å². The molecular weight excluding hydrogens is 282 g/mol. The highest BCUT2D eigenvalue weighted by Crippen LogP contribution is 2.30. The Morgan fingerprint density at radius 2 is 2.00 bits per heavy atom. The Balaban J connectivity index is 2.31. The molecule has 0 fully saturated rings. The largest absolute Gasteiger partial charge is 0.322 e. The maximum Gasteiger partial charge on any atom is 0.322 e. The van der Waals surface area contributed by atoms with Gasteiger partial charge in [-0.05, 0) is 12.1 Å². The van der Waals surface area contributed by atoms with Crippen LogP contribution in [-0.2, 0) is 0 Å². The van der Waals surface area contributed by atoms with Gasteiger partial charge in [-0.2, -0.15) is 5.10 Å². The number of H-pyrrole nitrogens is 2. The minimum atomic E-state index is -0.224. The number of aromatic amines is 2. The third kappa shape index (κ3) is 1.82. The lowest BCUT2D eigenvalue weighted by atomic mass is 10.2. The first kappa shape index (κ1) is 10.7. The molecule has 8 heteroatoms. The summed E-state index contributed by atoms with van der Waals surface area (Å²) < 4.78 is 0.750. The van der Waals surface area contributed by atoms with E-state index in [4.69, 9.17) is 11.6 Å². The van der Waals surface area contributed by atoms with Crippen LogP contribution >= 0.6 is 34.3 Å². The van der Waals surface area contributed by atoms with Crippen molar-refractivity contribution in [1.82, 2.24) is 15.2 Å². The molecule has 17 heavy (non-hydrogen) atoms. The van der Waals surface area contributed by atoms with Gasteiger partial charge in [-0.1, -0.05) is 34.3 Å². The molecule has 2 heterocycles. The van der Waals surface area contributed by atoms with Gasteiger partial charge in [0.05, 0.1) is 15.2 Å². The number of thiazole rings is 1. The normalized spacial score (nSPS) is 11.1. The summed E-state index contributed by atoms with van der Waals surface area (Å²) in [6.07, 6.45) is 0. The van der Waals surface area contributed by atoms with Crippen molar-refractivity contribution < 1.29 is 0 Å². The number of nitrogens with one attached hydrogen (secondary N) is 2. The molecule has 0 aliphatic heterocycles. The number of halogens is 1. The number of fused-ring (bicyclic) bond motifs is 1. The van der Waals surface area contributed by atoms with Crippen molar-refractivity contribution in [1.29, 1.82) is 0 Å². The van der Waals surface area contributed by atoms with Crippen LogP contribution in [0.3, 0.4) is 0 Å². The Labute approximate surface area is 107 Å².